The van der Waals surface area contributed by atoms with Crippen LogP contribution in [0, 0.1) is 0 Å². The molecule has 0 saturated carbocycles. The number of nitrogens with zero attached hydrogens (tertiary/aromatic N) is 1. The summed E-state index contributed by atoms with van der Waals surface area (Å²) >= 11 is 0. The second-order valence-corrected chi connectivity index (χ2v) is 19.6. The minimum atomic E-state index is -4.66. The molecule has 10 heteroatoms. The Morgan fingerprint density at radius 1 is 0.464 bits per heavy atom. The quantitative estimate of drug-likeness (QED) is 0.0195. The van der Waals surface area contributed by atoms with E-state index in [1.165, 1.54) is 32.1 Å². The molecule has 0 spiro atoms. The van der Waals surface area contributed by atoms with Crippen molar-refractivity contribution < 1.29 is 42.1 Å². The SMILES string of the molecule is CC/C=C\C/C=C\C/C=C\C/C=C\C/C=C\C/C=C\C/C=C\C/C=C\C/C=C\CCCC(=O)OC(COC(=O)CCCCCCC/C=C\C/C=C\CCCCCC)COP(=O)([O-])OCC[N+](C)(C)C. The molecule has 390 valence electrons. The van der Waals surface area contributed by atoms with Crippen LogP contribution in [0.4, 0.5) is 0 Å². The molecule has 0 aromatic rings. The van der Waals surface area contributed by atoms with E-state index in [9.17, 15) is 19.0 Å². The number of carbonyl (C=O) groups is 2. The molecular formula is C59H96NO8P. The molecule has 0 heterocycles. The van der Waals surface area contributed by atoms with Crippen molar-refractivity contribution in [3.05, 3.63) is 134 Å². The fourth-order valence-corrected chi connectivity index (χ4v) is 7.06. The fourth-order valence-electron chi connectivity index (χ4n) is 6.33. The Morgan fingerprint density at radius 2 is 0.841 bits per heavy atom. The molecule has 0 aromatic heterocycles. The molecule has 0 amide bonds. The van der Waals surface area contributed by atoms with Gasteiger partial charge in [-0.2, -0.15) is 0 Å². The van der Waals surface area contributed by atoms with Crippen molar-refractivity contribution in [1.82, 2.24) is 0 Å². The van der Waals surface area contributed by atoms with E-state index in [-0.39, 0.29) is 26.1 Å². The van der Waals surface area contributed by atoms with E-state index in [0.29, 0.717) is 30.3 Å². The van der Waals surface area contributed by atoms with E-state index in [4.69, 9.17) is 18.5 Å². The number of ether oxygens (including phenoxy) is 2. The Labute approximate surface area is 421 Å². The number of rotatable bonds is 46. The molecule has 69 heavy (non-hydrogen) atoms. The second-order valence-electron chi connectivity index (χ2n) is 18.1. The third-order valence-electron chi connectivity index (χ3n) is 10.4. The predicted octanol–water partition coefficient (Wildman–Crippen LogP) is 15.6. The molecule has 0 aliphatic rings. The third-order valence-corrected chi connectivity index (χ3v) is 11.4. The zero-order chi connectivity index (χ0) is 50.6. The molecule has 0 aliphatic carbocycles. The maximum Gasteiger partial charge on any atom is 0.306 e. The average molecular weight is 978 g/mol. The van der Waals surface area contributed by atoms with Crippen LogP contribution in [-0.2, 0) is 32.7 Å². The highest BCUT2D eigenvalue weighted by atomic mass is 31.2. The van der Waals surface area contributed by atoms with Crippen LogP contribution in [-0.4, -0.2) is 70.0 Å². The lowest BCUT2D eigenvalue weighted by atomic mass is 10.1. The normalized spacial score (nSPS) is 14.5. The van der Waals surface area contributed by atoms with Gasteiger partial charge in [-0.25, -0.2) is 0 Å². The summed E-state index contributed by atoms with van der Waals surface area (Å²) in [6.45, 7) is 3.99. The summed E-state index contributed by atoms with van der Waals surface area (Å²) in [5, 5.41) is 0. The number of allylic oxidation sites excluding steroid dienone is 22. The highest BCUT2D eigenvalue weighted by molar-refractivity contribution is 7.45. The van der Waals surface area contributed by atoms with E-state index < -0.39 is 32.5 Å². The number of quaternary nitrogens is 1. The molecule has 0 fully saturated rings. The van der Waals surface area contributed by atoms with Crippen molar-refractivity contribution in [2.45, 2.75) is 180 Å². The van der Waals surface area contributed by atoms with E-state index in [1.807, 2.05) is 27.2 Å². The smallest absolute Gasteiger partial charge is 0.306 e. The molecule has 0 radical (unpaired) electrons. The number of carbonyl (C=O) groups excluding carboxylic acids is 2. The average Bonchev–Trinajstić information content (AvgIpc) is 3.31. The van der Waals surface area contributed by atoms with Crippen LogP contribution in [0.5, 0.6) is 0 Å². The van der Waals surface area contributed by atoms with E-state index in [1.54, 1.807) is 0 Å². The number of phosphoric ester groups is 1. The topological polar surface area (TPSA) is 111 Å². The molecule has 2 atom stereocenters. The maximum absolute atomic E-state index is 12.7. The van der Waals surface area contributed by atoms with Crippen molar-refractivity contribution in [3.63, 3.8) is 0 Å². The van der Waals surface area contributed by atoms with Gasteiger partial charge in [0.25, 0.3) is 7.82 Å². The number of phosphoric acid groups is 1. The van der Waals surface area contributed by atoms with Crippen LogP contribution < -0.4 is 4.89 Å². The van der Waals surface area contributed by atoms with Gasteiger partial charge in [0.2, 0.25) is 0 Å². The Morgan fingerprint density at radius 3 is 1.28 bits per heavy atom. The van der Waals surface area contributed by atoms with Gasteiger partial charge in [0.05, 0.1) is 27.7 Å². The Hall–Kier alpha value is -3.85. The van der Waals surface area contributed by atoms with Crippen molar-refractivity contribution in [2.75, 3.05) is 47.5 Å². The van der Waals surface area contributed by atoms with Gasteiger partial charge in [-0.1, -0.05) is 186 Å². The highest BCUT2D eigenvalue weighted by Gasteiger charge is 2.21. The maximum atomic E-state index is 12.7. The van der Waals surface area contributed by atoms with Crippen molar-refractivity contribution in [2.24, 2.45) is 0 Å². The van der Waals surface area contributed by atoms with Gasteiger partial charge in [0, 0.05) is 12.8 Å². The number of esters is 2. The largest absolute Gasteiger partial charge is 0.756 e. The minimum absolute atomic E-state index is 0.0522. The molecular weight excluding hydrogens is 882 g/mol. The van der Waals surface area contributed by atoms with Gasteiger partial charge in [-0.3, -0.25) is 14.2 Å². The van der Waals surface area contributed by atoms with Crippen LogP contribution in [0.25, 0.3) is 0 Å². The molecule has 9 nitrogen and oxygen atoms in total. The lowest BCUT2D eigenvalue weighted by molar-refractivity contribution is -0.870. The monoisotopic (exact) mass is 978 g/mol. The van der Waals surface area contributed by atoms with Gasteiger partial charge in [-0.15, -0.1) is 0 Å². The minimum Gasteiger partial charge on any atom is -0.756 e. The Bertz CT molecular complexity index is 1620. The summed E-state index contributed by atoms with van der Waals surface area (Å²) in [5.41, 5.74) is 0. The zero-order valence-electron chi connectivity index (χ0n) is 43.9. The van der Waals surface area contributed by atoms with Gasteiger partial charge in [0.1, 0.15) is 19.8 Å². The number of likely N-dealkylation sites (N-methyl/N-ethyl adjacent to an activating group) is 1. The van der Waals surface area contributed by atoms with Crippen molar-refractivity contribution >= 4 is 19.8 Å². The fraction of sp³-hybridized carbons (Fsp3) is 0.593. The Kier molecular flexibility index (Phi) is 46.4. The van der Waals surface area contributed by atoms with E-state index in [2.05, 4.69) is 141 Å². The molecule has 0 aromatic carbocycles. The first-order valence-electron chi connectivity index (χ1n) is 26.4. The molecule has 0 aliphatic heterocycles. The summed E-state index contributed by atoms with van der Waals surface area (Å²) in [6, 6.07) is 0. The lowest BCUT2D eigenvalue weighted by Crippen LogP contribution is -2.37. The molecule has 0 N–H and O–H groups in total. The van der Waals surface area contributed by atoms with Crippen LogP contribution in [0.3, 0.4) is 0 Å². The third kappa shape index (κ3) is 53.4. The predicted molar refractivity (Wildman–Crippen MR) is 291 cm³/mol. The Balaban J connectivity index is 4.40. The molecule has 2 unspecified atom stereocenters. The summed E-state index contributed by atoms with van der Waals surface area (Å²) in [4.78, 5) is 37.7. The first-order chi connectivity index (χ1) is 33.5. The number of hydrogen-bond acceptors (Lipinski definition) is 8. The second kappa shape index (κ2) is 49.1. The van der Waals surface area contributed by atoms with Crippen molar-refractivity contribution in [1.29, 1.82) is 0 Å². The zero-order valence-corrected chi connectivity index (χ0v) is 44.8. The van der Waals surface area contributed by atoms with Gasteiger partial charge >= 0.3 is 11.9 Å². The van der Waals surface area contributed by atoms with Gasteiger partial charge < -0.3 is 27.9 Å². The van der Waals surface area contributed by atoms with Crippen LogP contribution in [0.15, 0.2) is 134 Å². The molecule has 0 saturated heterocycles. The van der Waals surface area contributed by atoms with E-state index in [0.717, 1.165) is 96.3 Å². The van der Waals surface area contributed by atoms with Gasteiger partial charge in [-0.05, 0) is 109 Å². The molecule has 0 bridgehead atoms. The number of hydrogen-bond donors (Lipinski definition) is 0. The first kappa shape index (κ1) is 65.1. The van der Waals surface area contributed by atoms with Crippen LogP contribution >= 0.6 is 7.82 Å². The van der Waals surface area contributed by atoms with Gasteiger partial charge in [0.15, 0.2) is 6.10 Å². The summed E-state index contributed by atoms with van der Waals surface area (Å²) < 4.78 is 33.9. The summed E-state index contributed by atoms with van der Waals surface area (Å²) in [6.07, 6.45) is 70.7. The van der Waals surface area contributed by atoms with E-state index >= 15 is 0 Å². The highest BCUT2D eigenvalue weighted by Crippen LogP contribution is 2.38. The number of unbranched alkanes of at least 4 members (excludes halogenated alkanes) is 10. The van der Waals surface area contributed by atoms with Crippen LogP contribution in [0.1, 0.15) is 174 Å². The van der Waals surface area contributed by atoms with Crippen molar-refractivity contribution in [3.8, 4) is 0 Å². The standard InChI is InChI=1S/C59H96NO8P/c1-6-8-10-12-14-16-18-20-22-24-25-26-27-28-29-30-31-32-33-34-35-36-38-40-42-44-46-48-50-52-59(62)68-57(56-67-69(63,64)66-54-53-60(3,4)5)55-65-58(61)51-49-47-45-43-41-39-37-23-21-19-17-15-13-11-9-7-2/h8,10,14,16-17,19-20,22-23,25-26,28-29,31-32,34-35,37-38,40,44,46,57H,6-7,9,11-13,15,18,21,24,27,30,33,36,39,41-43,45,47-56H2,1-5H3/b10-8-,16-14-,19-17-,22-20-,26-25-,29-28-,32-31-,35-34-,37-23-,40-38-,46-44-. The summed E-state index contributed by atoms with van der Waals surface area (Å²) in [5.74, 6) is -0.933. The lowest BCUT2D eigenvalue weighted by Gasteiger charge is -2.28. The molecule has 0 rings (SSSR count). The van der Waals surface area contributed by atoms with Crippen LogP contribution in [0.2, 0.25) is 0 Å². The summed E-state index contributed by atoms with van der Waals surface area (Å²) in [7, 11) is 1.10. The first-order valence-corrected chi connectivity index (χ1v) is 27.9.